The quantitative estimate of drug-likeness (QED) is 0.692. The summed E-state index contributed by atoms with van der Waals surface area (Å²) in [5, 5.41) is 3.76. The van der Waals surface area contributed by atoms with E-state index in [0.717, 1.165) is 31.5 Å². The molecule has 0 bridgehead atoms. The molecule has 0 aromatic heterocycles. The number of halogens is 3. The van der Waals surface area contributed by atoms with Gasteiger partial charge < -0.3 is 0 Å². The van der Waals surface area contributed by atoms with Crippen LogP contribution in [0, 0.1) is 0 Å². The number of benzene rings is 2. The van der Waals surface area contributed by atoms with Crippen molar-refractivity contribution in [1.29, 1.82) is 0 Å². The average molecular weight is 401 g/mol. The number of nitrogens with zero attached hydrogens (tertiary/aromatic N) is 3. The van der Waals surface area contributed by atoms with Crippen LogP contribution in [0.2, 0.25) is 0 Å². The summed E-state index contributed by atoms with van der Waals surface area (Å²) in [6.45, 7) is 2.42. The van der Waals surface area contributed by atoms with Gasteiger partial charge in [-0.3, -0.25) is 9.91 Å². The Balaban J connectivity index is 1.42. The molecule has 2 aromatic rings. The lowest BCUT2D eigenvalue weighted by Gasteiger charge is -2.34. The van der Waals surface area contributed by atoms with E-state index in [2.05, 4.69) is 18.2 Å². The van der Waals surface area contributed by atoms with Gasteiger partial charge in [0.1, 0.15) is 0 Å². The molecule has 2 aromatic carbocycles. The van der Waals surface area contributed by atoms with Crippen LogP contribution in [-0.4, -0.2) is 42.2 Å². The SMILES string of the molecule is O=C1N(c2ccc(C(F)(F)F)cc2)CCN1N1CCC=C(Cc2ccccc2)C1. The second-order valence-corrected chi connectivity index (χ2v) is 7.30. The Hall–Kier alpha value is -2.80. The largest absolute Gasteiger partial charge is 0.416 e. The highest BCUT2D eigenvalue weighted by Crippen LogP contribution is 2.31. The third kappa shape index (κ3) is 4.29. The monoisotopic (exact) mass is 401 g/mol. The van der Waals surface area contributed by atoms with Gasteiger partial charge in [-0.15, -0.1) is 0 Å². The minimum atomic E-state index is -4.38. The highest BCUT2D eigenvalue weighted by atomic mass is 19.4. The summed E-state index contributed by atoms with van der Waals surface area (Å²) < 4.78 is 38.3. The Labute approximate surface area is 167 Å². The Kier molecular flexibility index (Phi) is 5.32. The maximum absolute atomic E-state index is 12.9. The number of hydrogen-bond acceptors (Lipinski definition) is 2. The first-order valence-electron chi connectivity index (χ1n) is 9.65. The van der Waals surface area contributed by atoms with Gasteiger partial charge in [0.25, 0.3) is 0 Å². The summed E-state index contributed by atoms with van der Waals surface area (Å²) in [4.78, 5) is 14.5. The van der Waals surface area contributed by atoms with Gasteiger partial charge in [-0.25, -0.2) is 9.80 Å². The zero-order chi connectivity index (χ0) is 20.4. The smallest absolute Gasteiger partial charge is 0.291 e. The van der Waals surface area contributed by atoms with Gasteiger partial charge >= 0.3 is 12.2 Å². The first-order chi connectivity index (χ1) is 13.9. The molecule has 4 rings (SSSR count). The van der Waals surface area contributed by atoms with Crippen LogP contribution in [0.4, 0.5) is 23.7 Å². The summed E-state index contributed by atoms with van der Waals surface area (Å²) in [6, 6.07) is 14.8. The molecule has 29 heavy (non-hydrogen) atoms. The fourth-order valence-electron chi connectivity index (χ4n) is 3.85. The van der Waals surface area contributed by atoms with E-state index < -0.39 is 11.7 Å². The first kappa shape index (κ1) is 19.5. The molecular formula is C22H22F3N3O. The summed E-state index contributed by atoms with van der Waals surface area (Å²) >= 11 is 0. The Bertz CT molecular complexity index is 894. The maximum Gasteiger partial charge on any atom is 0.416 e. The Morgan fingerprint density at radius 1 is 0.897 bits per heavy atom. The van der Waals surface area contributed by atoms with E-state index in [-0.39, 0.29) is 6.03 Å². The number of amides is 2. The van der Waals surface area contributed by atoms with Gasteiger partial charge in [0.2, 0.25) is 0 Å². The molecule has 4 nitrogen and oxygen atoms in total. The van der Waals surface area contributed by atoms with Gasteiger partial charge in [-0.05, 0) is 42.7 Å². The van der Waals surface area contributed by atoms with Crippen molar-refractivity contribution in [2.24, 2.45) is 0 Å². The van der Waals surface area contributed by atoms with Gasteiger partial charge in [0, 0.05) is 25.3 Å². The number of hydrogen-bond donors (Lipinski definition) is 0. The second-order valence-electron chi connectivity index (χ2n) is 7.30. The molecular weight excluding hydrogens is 379 g/mol. The lowest BCUT2D eigenvalue weighted by Crippen LogP contribution is -2.48. The van der Waals surface area contributed by atoms with Crippen LogP contribution in [0.25, 0.3) is 0 Å². The first-order valence-corrected chi connectivity index (χ1v) is 9.65. The van der Waals surface area contributed by atoms with Crippen LogP contribution < -0.4 is 4.90 Å². The van der Waals surface area contributed by atoms with Crippen molar-refractivity contribution in [3.05, 3.63) is 77.4 Å². The fourth-order valence-corrected chi connectivity index (χ4v) is 3.85. The molecule has 1 saturated heterocycles. The lowest BCUT2D eigenvalue weighted by molar-refractivity contribution is -0.137. The summed E-state index contributed by atoms with van der Waals surface area (Å²) in [7, 11) is 0. The van der Waals surface area contributed by atoms with Crippen LogP contribution >= 0.6 is 0 Å². The van der Waals surface area contributed by atoms with Crippen LogP contribution in [0.15, 0.2) is 66.2 Å². The number of hydrazine groups is 1. The molecule has 2 aliphatic rings. The van der Waals surface area contributed by atoms with Crippen LogP contribution in [-0.2, 0) is 12.6 Å². The van der Waals surface area contributed by atoms with E-state index in [1.807, 2.05) is 23.2 Å². The number of alkyl halides is 3. The third-order valence-electron chi connectivity index (χ3n) is 5.31. The highest BCUT2D eigenvalue weighted by Gasteiger charge is 2.35. The van der Waals surface area contributed by atoms with Crippen molar-refractivity contribution < 1.29 is 18.0 Å². The number of carbonyl (C=O) groups excluding carboxylic acids is 1. The zero-order valence-corrected chi connectivity index (χ0v) is 15.9. The minimum Gasteiger partial charge on any atom is -0.291 e. The molecule has 2 aliphatic heterocycles. The number of anilines is 1. The van der Waals surface area contributed by atoms with Crippen molar-refractivity contribution in [3.8, 4) is 0 Å². The maximum atomic E-state index is 12.9. The van der Waals surface area contributed by atoms with Gasteiger partial charge in [-0.2, -0.15) is 13.2 Å². The topological polar surface area (TPSA) is 26.8 Å². The van der Waals surface area contributed by atoms with Crippen LogP contribution in [0.5, 0.6) is 0 Å². The summed E-state index contributed by atoms with van der Waals surface area (Å²) in [6.07, 6.45) is -0.430. The molecule has 0 unspecified atom stereocenters. The average Bonchev–Trinajstić information content (AvgIpc) is 3.10. The molecule has 0 radical (unpaired) electrons. The van der Waals surface area contributed by atoms with Crippen molar-refractivity contribution in [1.82, 2.24) is 10.0 Å². The Morgan fingerprint density at radius 3 is 2.31 bits per heavy atom. The van der Waals surface area contributed by atoms with Crippen molar-refractivity contribution in [3.63, 3.8) is 0 Å². The van der Waals surface area contributed by atoms with Gasteiger partial charge in [-0.1, -0.05) is 42.0 Å². The predicted octanol–water partition coefficient (Wildman–Crippen LogP) is 4.74. The van der Waals surface area contributed by atoms with Crippen LogP contribution in [0.3, 0.4) is 0 Å². The minimum absolute atomic E-state index is 0.189. The molecule has 0 aliphatic carbocycles. The normalized spacial score (nSPS) is 18.3. The standard InChI is InChI=1S/C22H22F3N3O/c23-22(24,25)19-8-10-20(11-9-19)27-13-14-28(21(27)29)26-12-4-7-18(16-26)15-17-5-2-1-3-6-17/h1-3,5-11H,4,12-16H2. The van der Waals surface area contributed by atoms with Crippen LogP contribution in [0.1, 0.15) is 17.5 Å². The molecule has 0 spiro atoms. The van der Waals surface area contributed by atoms with Gasteiger partial charge in [0.15, 0.2) is 0 Å². The molecule has 2 heterocycles. The summed E-state index contributed by atoms with van der Waals surface area (Å²) in [5.74, 6) is 0. The van der Waals surface area contributed by atoms with E-state index in [0.29, 0.717) is 25.3 Å². The molecule has 0 saturated carbocycles. The summed E-state index contributed by atoms with van der Waals surface area (Å²) in [5.41, 5.74) is 2.28. The van der Waals surface area contributed by atoms with Crippen molar-refractivity contribution in [2.45, 2.75) is 19.0 Å². The van der Waals surface area contributed by atoms with Crippen molar-refractivity contribution >= 4 is 11.7 Å². The van der Waals surface area contributed by atoms with E-state index in [1.165, 1.54) is 28.2 Å². The second kappa shape index (κ2) is 7.91. The molecule has 2 amide bonds. The number of rotatable bonds is 4. The Morgan fingerprint density at radius 2 is 1.62 bits per heavy atom. The molecule has 0 N–H and O–H groups in total. The van der Waals surface area contributed by atoms with Crippen molar-refractivity contribution in [2.75, 3.05) is 31.1 Å². The third-order valence-corrected chi connectivity index (χ3v) is 5.31. The zero-order valence-electron chi connectivity index (χ0n) is 15.9. The van der Waals surface area contributed by atoms with E-state index >= 15 is 0 Å². The number of carbonyl (C=O) groups is 1. The molecule has 1 fully saturated rings. The van der Waals surface area contributed by atoms with E-state index in [4.69, 9.17) is 0 Å². The number of urea groups is 1. The van der Waals surface area contributed by atoms with Gasteiger partial charge in [0.05, 0.1) is 12.1 Å². The fraction of sp³-hybridized carbons (Fsp3) is 0.318. The molecule has 7 heteroatoms. The highest BCUT2D eigenvalue weighted by molar-refractivity contribution is 5.93. The predicted molar refractivity (Wildman–Crippen MR) is 105 cm³/mol. The molecule has 152 valence electrons. The van der Waals surface area contributed by atoms with E-state index in [1.54, 1.807) is 5.01 Å². The van der Waals surface area contributed by atoms with E-state index in [9.17, 15) is 18.0 Å². The lowest BCUT2D eigenvalue weighted by atomic mass is 10.0. The molecule has 0 atom stereocenters.